The Morgan fingerprint density at radius 1 is 1.02 bits per heavy atom. The number of rotatable bonds is 8. The number of pyridine rings is 1. The third-order valence-corrected chi connectivity index (χ3v) is 7.86. The molecule has 1 amide bonds. The van der Waals surface area contributed by atoms with Crippen molar-refractivity contribution in [3.63, 3.8) is 0 Å². The van der Waals surface area contributed by atoms with Gasteiger partial charge in [-0.25, -0.2) is 4.98 Å². The zero-order valence-electron chi connectivity index (χ0n) is 22.5. The maximum absolute atomic E-state index is 12.0. The van der Waals surface area contributed by atoms with Crippen LogP contribution in [0, 0.1) is 0 Å². The molecule has 2 aliphatic rings. The van der Waals surface area contributed by atoms with Gasteiger partial charge in [-0.3, -0.25) is 9.69 Å². The number of nitrogens with two attached hydrogens (primary N) is 1. The molecule has 9 nitrogen and oxygen atoms in total. The van der Waals surface area contributed by atoms with Crippen molar-refractivity contribution in [3.8, 4) is 17.0 Å². The molecule has 0 atom stereocenters. The molecule has 2 aliphatic heterocycles. The SMILES string of the molecule is NC(=O)Cc1cc(-c2ccc(OCCN3CCCOCC3)c(Cl)c2)nc2c1[nH]c1cc(N3CCOCC3)ccc12. The van der Waals surface area contributed by atoms with E-state index in [2.05, 4.69) is 33.0 Å². The fourth-order valence-electron chi connectivity index (χ4n) is 5.49. The lowest BCUT2D eigenvalue weighted by Crippen LogP contribution is -2.36. The highest BCUT2D eigenvalue weighted by molar-refractivity contribution is 6.32. The van der Waals surface area contributed by atoms with Crippen molar-refractivity contribution in [2.24, 2.45) is 5.73 Å². The second-order valence-corrected chi connectivity index (χ2v) is 10.7. The van der Waals surface area contributed by atoms with Crippen molar-refractivity contribution < 1.29 is 19.0 Å². The summed E-state index contributed by atoms with van der Waals surface area (Å²) in [6, 6.07) is 14.0. The van der Waals surface area contributed by atoms with E-state index in [-0.39, 0.29) is 6.42 Å². The molecule has 10 heteroatoms. The van der Waals surface area contributed by atoms with Crippen LogP contribution in [-0.4, -0.2) is 86.5 Å². The van der Waals surface area contributed by atoms with Gasteiger partial charge >= 0.3 is 0 Å². The molecule has 0 unspecified atom stereocenters. The molecule has 6 rings (SSSR count). The van der Waals surface area contributed by atoms with Crippen LogP contribution in [0.15, 0.2) is 42.5 Å². The maximum Gasteiger partial charge on any atom is 0.221 e. The van der Waals surface area contributed by atoms with Crippen molar-refractivity contribution in [2.45, 2.75) is 12.8 Å². The van der Waals surface area contributed by atoms with Crippen LogP contribution in [0.1, 0.15) is 12.0 Å². The average Bonchev–Trinajstić information content (AvgIpc) is 3.13. The Hall–Kier alpha value is -3.37. The average molecular weight is 564 g/mol. The lowest BCUT2D eigenvalue weighted by atomic mass is 10.0. The quantitative estimate of drug-likeness (QED) is 0.334. The number of hydrogen-bond donors (Lipinski definition) is 2. The molecule has 0 aliphatic carbocycles. The zero-order chi connectivity index (χ0) is 27.5. The fourth-order valence-corrected chi connectivity index (χ4v) is 5.72. The third kappa shape index (κ3) is 5.88. The molecule has 2 fully saturated rings. The van der Waals surface area contributed by atoms with Crippen molar-refractivity contribution in [3.05, 3.63) is 53.1 Å². The van der Waals surface area contributed by atoms with E-state index in [0.717, 1.165) is 110 Å². The predicted octanol–water partition coefficient (Wildman–Crippen LogP) is 4.00. The number of ether oxygens (including phenoxy) is 3. The molecule has 2 saturated heterocycles. The number of hydrogen-bond acceptors (Lipinski definition) is 7. The van der Waals surface area contributed by atoms with Crippen LogP contribution in [0.25, 0.3) is 33.2 Å². The number of H-pyrrole nitrogens is 1. The summed E-state index contributed by atoms with van der Waals surface area (Å²) in [5.74, 6) is 0.238. The van der Waals surface area contributed by atoms with E-state index in [1.807, 2.05) is 24.3 Å². The van der Waals surface area contributed by atoms with Gasteiger partial charge in [-0.15, -0.1) is 0 Å². The number of nitrogens with zero attached hydrogens (tertiary/aromatic N) is 3. The molecule has 0 bridgehead atoms. The van der Waals surface area contributed by atoms with Crippen LogP contribution in [-0.2, 0) is 20.7 Å². The van der Waals surface area contributed by atoms with Gasteiger partial charge in [0.05, 0.1) is 53.5 Å². The molecular weight excluding hydrogens is 530 g/mol. The molecule has 40 heavy (non-hydrogen) atoms. The minimum atomic E-state index is -0.399. The minimum Gasteiger partial charge on any atom is -0.491 e. The lowest BCUT2D eigenvalue weighted by Gasteiger charge is -2.28. The van der Waals surface area contributed by atoms with Crippen molar-refractivity contribution in [1.82, 2.24) is 14.9 Å². The van der Waals surface area contributed by atoms with Crippen LogP contribution < -0.4 is 15.4 Å². The van der Waals surface area contributed by atoms with Crippen LogP contribution >= 0.6 is 11.6 Å². The van der Waals surface area contributed by atoms with Crippen LogP contribution in [0.4, 0.5) is 5.69 Å². The number of nitrogens with one attached hydrogen (secondary N) is 1. The van der Waals surface area contributed by atoms with Gasteiger partial charge in [0.2, 0.25) is 5.91 Å². The summed E-state index contributed by atoms with van der Waals surface area (Å²) in [5, 5.41) is 1.51. The Balaban J connectivity index is 1.28. The summed E-state index contributed by atoms with van der Waals surface area (Å²) in [6.45, 7) is 8.04. The summed E-state index contributed by atoms with van der Waals surface area (Å²) in [5.41, 5.74) is 11.7. The molecule has 2 aromatic carbocycles. The zero-order valence-corrected chi connectivity index (χ0v) is 23.2. The van der Waals surface area contributed by atoms with Gasteiger partial charge in [0.25, 0.3) is 0 Å². The van der Waals surface area contributed by atoms with Crippen molar-refractivity contribution >= 4 is 45.1 Å². The van der Waals surface area contributed by atoms with Crippen molar-refractivity contribution in [1.29, 1.82) is 0 Å². The maximum atomic E-state index is 12.0. The summed E-state index contributed by atoms with van der Waals surface area (Å²) in [4.78, 5) is 25.2. The molecule has 210 valence electrons. The molecule has 2 aromatic heterocycles. The normalized spacial score (nSPS) is 16.9. The van der Waals surface area contributed by atoms with Crippen LogP contribution in [0.2, 0.25) is 5.02 Å². The van der Waals surface area contributed by atoms with E-state index in [1.54, 1.807) is 0 Å². The first-order valence-corrected chi connectivity index (χ1v) is 14.2. The van der Waals surface area contributed by atoms with E-state index in [9.17, 15) is 4.79 Å². The molecule has 0 radical (unpaired) electrons. The Bertz CT molecular complexity index is 1510. The molecule has 4 heterocycles. The van der Waals surface area contributed by atoms with Gasteiger partial charge in [0.15, 0.2) is 0 Å². The third-order valence-electron chi connectivity index (χ3n) is 7.57. The number of fused-ring (bicyclic) bond motifs is 3. The van der Waals surface area contributed by atoms with Gasteiger partial charge in [-0.1, -0.05) is 11.6 Å². The highest BCUT2D eigenvalue weighted by atomic mass is 35.5. The minimum absolute atomic E-state index is 0.103. The Kier molecular flexibility index (Phi) is 8.06. The van der Waals surface area contributed by atoms with E-state index >= 15 is 0 Å². The van der Waals surface area contributed by atoms with E-state index < -0.39 is 5.91 Å². The smallest absolute Gasteiger partial charge is 0.221 e. The van der Waals surface area contributed by atoms with E-state index in [4.69, 9.17) is 36.5 Å². The van der Waals surface area contributed by atoms with Crippen LogP contribution in [0.5, 0.6) is 5.75 Å². The lowest BCUT2D eigenvalue weighted by molar-refractivity contribution is -0.117. The first kappa shape index (κ1) is 26.8. The number of halogens is 1. The highest BCUT2D eigenvalue weighted by Crippen LogP contribution is 2.35. The number of benzene rings is 2. The Labute approximate surface area is 238 Å². The first-order valence-electron chi connectivity index (χ1n) is 13.8. The number of primary amides is 1. The summed E-state index contributed by atoms with van der Waals surface area (Å²) < 4.78 is 17.0. The monoisotopic (exact) mass is 563 g/mol. The second kappa shape index (κ2) is 12.0. The van der Waals surface area contributed by atoms with Crippen molar-refractivity contribution in [2.75, 3.05) is 70.7 Å². The number of amides is 1. The van der Waals surface area contributed by atoms with Gasteiger partial charge in [-0.2, -0.15) is 0 Å². The molecular formula is C30H34ClN5O4. The fraction of sp³-hybridized carbons (Fsp3) is 0.400. The van der Waals surface area contributed by atoms with Gasteiger partial charge in [0.1, 0.15) is 12.4 Å². The molecule has 4 aromatic rings. The number of carbonyl (C=O) groups excluding carboxylic acids is 1. The predicted molar refractivity (Wildman–Crippen MR) is 157 cm³/mol. The molecule has 0 saturated carbocycles. The number of aromatic nitrogens is 2. The number of carbonyl (C=O) groups is 1. The van der Waals surface area contributed by atoms with Gasteiger partial charge < -0.3 is 29.8 Å². The van der Waals surface area contributed by atoms with Crippen LogP contribution in [0.3, 0.4) is 0 Å². The number of morpholine rings is 1. The first-order chi connectivity index (χ1) is 19.5. The number of anilines is 1. The summed E-state index contributed by atoms with van der Waals surface area (Å²) in [6.07, 6.45) is 1.14. The Morgan fingerprint density at radius 3 is 2.67 bits per heavy atom. The second-order valence-electron chi connectivity index (χ2n) is 10.3. The Morgan fingerprint density at radius 2 is 1.85 bits per heavy atom. The number of aromatic amines is 1. The topological polar surface area (TPSA) is 106 Å². The van der Waals surface area contributed by atoms with Gasteiger partial charge in [-0.05, 0) is 54.4 Å². The standard InChI is InChI=1S/C30H34ClN5O4/c31-24-16-20(2-5-27(24)40-15-8-35-6-1-11-38-12-7-35)25-17-21(18-28(32)37)29-30(33-25)23-4-3-22(19-26(23)34-29)36-9-13-39-14-10-36/h2-5,16-17,19,34H,1,6-15,18H2,(H2,32,37). The highest BCUT2D eigenvalue weighted by Gasteiger charge is 2.18. The largest absolute Gasteiger partial charge is 0.491 e. The van der Waals surface area contributed by atoms with E-state index in [1.165, 1.54) is 0 Å². The summed E-state index contributed by atoms with van der Waals surface area (Å²) >= 11 is 6.65. The summed E-state index contributed by atoms with van der Waals surface area (Å²) in [7, 11) is 0. The molecule has 3 N–H and O–H groups in total. The molecule has 0 spiro atoms. The van der Waals surface area contributed by atoms with Gasteiger partial charge in [0, 0.05) is 56.0 Å². The van der Waals surface area contributed by atoms with E-state index in [0.29, 0.717) is 17.4 Å².